The Morgan fingerprint density at radius 3 is 3.00 bits per heavy atom. The second kappa shape index (κ2) is 4.09. The molecule has 0 aliphatic carbocycles. The number of H-pyrrole nitrogens is 1. The SMILES string of the molecule is Cl.O=CCc1ccn[nH]1. The van der Waals surface area contributed by atoms with Crippen molar-refractivity contribution < 1.29 is 4.79 Å². The molecule has 50 valence electrons. The highest BCUT2D eigenvalue weighted by Gasteiger charge is 1.87. The lowest BCUT2D eigenvalue weighted by Gasteiger charge is -1.79. The molecule has 0 saturated heterocycles. The van der Waals surface area contributed by atoms with Crippen LogP contribution in [0.25, 0.3) is 0 Å². The summed E-state index contributed by atoms with van der Waals surface area (Å²) in [4.78, 5) is 9.82. The quantitative estimate of drug-likeness (QED) is 0.621. The summed E-state index contributed by atoms with van der Waals surface area (Å²) in [7, 11) is 0. The van der Waals surface area contributed by atoms with Gasteiger partial charge in [0, 0.05) is 18.3 Å². The van der Waals surface area contributed by atoms with E-state index < -0.39 is 0 Å². The van der Waals surface area contributed by atoms with E-state index in [1.165, 1.54) is 0 Å². The lowest BCUT2D eigenvalue weighted by atomic mass is 10.3. The van der Waals surface area contributed by atoms with Crippen molar-refractivity contribution in [3.05, 3.63) is 18.0 Å². The van der Waals surface area contributed by atoms with Gasteiger partial charge in [-0.15, -0.1) is 12.4 Å². The van der Waals surface area contributed by atoms with E-state index in [2.05, 4.69) is 10.2 Å². The molecular formula is C5H7ClN2O. The largest absolute Gasteiger partial charge is 0.303 e. The molecule has 1 N–H and O–H groups in total. The van der Waals surface area contributed by atoms with Crippen LogP contribution in [-0.4, -0.2) is 16.5 Å². The number of hydrogen-bond donors (Lipinski definition) is 1. The fourth-order valence-electron chi connectivity index (χ4n) is 0.488. The summed E-state index contributed by atoms with van der Waals surface area (Å²) >= 11 is 0. The third kappa shape index (κ3) is 2.28. The highest BCUT2D eigenvalue weighted by atomic mass is 35.5. The van der Waals surface area contributed by atoms with E-state index in [0.717, 1.165) is 12.0 Å². The molecule has 3 nitrogen and oxygen atoms in total. The number of hydrogen-bond acceptors (Lipinski definition) is 2. The number of nitrogens with zero attached hydrogens (tertiary/aromatic N) is 1. The molecule has 0 aliphatic rings. The predicted octanol–water partition coefficient (Wildman–Crippen LogP) is 0.573. The molecule has 0 aromatic carbocycles. The van der Waals surface area contributed by atoms with Crippen LogP contribution in [0.5, 0.6) is 0 Å². The highest BCUT2D eigenvalue weighted by Crippen LogP contribution is 1.88. The van der Waals surface area contributed by atoms with Crippen LogP contribution in [0.3, 0.4) is 0 Å². The molecular weight excluding hydrogens is 140 g/mol. The topological polar surface area (TPSA) is 45.8 Å². The minimum absolute atomic E-state index is 0. The standard InChI is InChI=1S/C5H6N2O.ClH/c8-4-2-5-1-3-6-7-5;/h1,3-4H,2H2,(H,6,7);1H. The summed E-state index contributed by atoms with van der Waals surface area (Å²) in [6, 6.07) is 1.77. The Morgan fingerprint density at radius 1 is 1.78 bits per heavy atom. The monoisotopic (exact) mass is 146 g/mol. The van der Waals surface area contributed by atoms with Gasteiger partial charge in [0.05, 0.1) is 0 Å². The van der Waals surface area contributed by atoms with Crippen molar-refractivity contribution in [3.8, 4) is 0 Å². The van der Waals surface area contributed by atoms with Crippen molar-refractivity contribution in [1.29, 1.82) is 0 Å². The van der Waals surface area contributed by atoms with E-state index >= 15 is 0 Å². The maximum atomic E-state index is 9.82. The summed E-state index contributed by atoms with van der Waals surface area (Å²) in [6.45, 7) is 0. The highest BCUT2D eigenvalue weighted by molar-refractivity contribution is 5.85. The van der Waals surface area contributed by atoms with E-state index in [1.807, 2.05) is 0 Å². The molecule has 0 spiro atoms. The summed E-state index contributed by atoms with van der Waals surface area (Å²) in [6.07, 6.45) is 2.90. The molecule has 1 heterocycles. The van der Waals surface area contributed by atoms with Crippen LogP contribution in [0.2, 0.25) is 0 Å². The van der Waals surface area contributed by atoms with E-state index in [4.69, 9.17) is 0 Å². The lowest BCUT2D eigenvalue weighted by molar-refractivity contribution is -0.107. The van der Waals surface area contributed by atoms with Gasteiger partial charge in [-0.1, -0.05) is 0 Å². The predicted molar refractivity (Wildman–Crippen MR) is 35.6 cm³/mol. The van der Waals surface area contributed by atoms with Crippen molar-refractivity contribution in [2.75, 3.05) is 0 Å². The molecule has 0 amide bonds. The van der Waals surface area contributed by atoms with Crippen molar-refractivity contribution >= 4 is 18.7 Å². The number of carbonyl (C=O) groups excluding carboxylic acids is 1. The number of aromatic amines is 1. The van der Waals surface area contributed by atoms with Gasteiger partial charge in [0.2, 0.25) is 0 Å². The first-order chi connectivity index (χ1) is 3.93. The van der Waals surface area contributed by atoms with Crippen LogP contribution in [0.1, 0.15) is 5.69 Å². The third-order valence-corrected chi connectivity index (χ3v) is 0.862. The smallest absolute Gasteiger partial charge is 0.125 e. The van der Waals surface area contributed by atoms with Gasteiger partial charge in [-0.25, -0.2) is 0 Å². The molecule has 1 aromatic heterocycles. The van der Waals surface area contributed by atoms with Crippen LogP contribution >= 0.6 is 12.4 Å². The molecule has 0 aliphatic heterocycles. The Morgan fingerprint density at radius 2 is 2.56 bits per heavy atom. The first-order valence-electron chi connectivity index (χ1n) is 2.35. The molecule has 0 bridgehead atoms. The zero-order valence-corrected chi connectivity index (χ0v) is 5.52. The molecule has 9 heavy (non-hydrogen) atoms. The van der Waals surface area contributed by atoms with Gasteiger partial charge in [0.1, 0.15) is 6.29 Å². The van der Waals surface area contributed by atoms with Gasteiger partial charge >= 0.3 is 0 Å². The average molecular weight is 147 g/mol. The Labute approximate surface area is 58.9 Å². The van der Waals surface area contributed by atoms with Crippen LogP contribution in [0.15, 0.2) is 12.3 Å². The molecule has 4 heteroatoms. The van der Waals surface area contributed by atoms with Gasteiger partial charge in [0.25, 0.3) is 0 Å². The summed E-state index contributed by atoms with van der Waals surface area (Å²) in [5.41, 5.74) is 0.861. The van der Waals surface area contributed by atoms with E-state index in [-0.39, 0.29) is 12.4 Å². The Balaban J connectivity index is 0.000000640. The lowest BCUT2D eigenvalue weighted by Crippen LogP contribution is -1.83. The molecule has 0 unspecified atom stereocenters. The van der Waals surface area contributed by atoms with Crippen LogP contribution in [0.4, 0.5) is 0 Å². The van der Waals surface area contributed by atoms with Crippen LogP contribution in [0, 0.1) is 0 Å². The zero-order valence-electron chi connectivity index (χ0n) is 4.70. The van der Waals surface area contributed by atoms with Gasteiger partial charge in [-0.2, -0.15) is 5.10 Å². The number of aromatic nitrogens is 2. The second-order valence-corrected chi connectivity index (χ2v) is 1.45. The molecule has 0 atom stereocenters. The average Bonchev–Trinajstić information content (AvgIpc) is 2.19. The van der Waals surface area contributed by atoms with Crippen molar-refractivity contribution in [1.82, 2.24) is 10.2 Å². The molecule has 1 aromatic rings. The fraction of sp³-hybridized carbons (Fsp3) is 0.200. The van der Waals surface area contributed by atoms with Gasteiger partial charge in [0.15, 0.2) is 0 Å². The Kier molecular flexibility index (Phi) is 3.71. The number of nitrogens with one attached hydrogen (secondary N) is 1. The molecule has 0 saturated carbocycles. The fourth-order valence-corrected chi connectivity index (χ4v) is 0.488. The first kappa shape index (κ1) is 8.17. The number of halogens is 1. The summed E-state index contributed by atoms with van der Waals surface area (Å²) < 4.78 is 0. The Bertz CT molecular complexity index is 161. The number of carbonyl (C=O) groups is 1. The third-order valence-electron chi connectivity index (χ3n) is 0.862. The molecule has 0 radical (unpaired) electrons. The summed E-state index contributed by atoms with van der Waals surface area (Å²) in [5, 5.41) is 6.31. The van der Waals surface area contributed by atoms with Gasteiger partial charge in [-0.3, -0.25) is 5.10 Å². The first-order valence-corrected chi connectivity index (χ1v) is 2.35. The normalized spacial score (nSPS) is 8.00. The minimum Gasteiger partial charge on any atom is -0.303 e. The van der Waals surface area contributed by atoms with E-state index in [1.54, 1.807) is 12.3 Å². The Hall–Kier alpha value is -0.830. The van der Waals surface area contributed by atoms with Crippen LogP contribution < -0.4 is 0 Å². The van der Waals surface area contributed by atoms with Crippen molar-refractivity contribution in [2.45, 2.75) is 6.42 Å². The number of rotatable bonds is 2. The van der Waals surface area contributed by atoms with Crippen molar-refractivity contribution in [3.63, 3.8) is 0 Å². The van der Waals surface area contributed by atoms with Crippen molar-refractivity contribution in [2.24, 2.45) is 0 Å². The maximum Gasteiger partial charge on any atom is 0.125 e. The van der Waals surface area contributed by atoms with E-state index in [9.17, 15) is 4.79 Å². The van der Waals surface area contributed by atoms with Gasteiger partial charge in [-0.05, 0) is 6.07 Å². The minimum atomic E-state index is 0. The van der Waals surface area contributed by atoms with E-state index in [0.29, 0.717) is 6.42 Å². The number of aldehydes is 1. The zero-order chi connectivity index (χ0) is 5.82. The summed E-state index contributed by atoms with van der Waals surface area (Å²) in [5.74, 6) is 0. The molecule has 0 fully saturated rings. The second-order valence-electron chi connectivity index (χ2n) is 1.45. The molecule has 1 rings (SSSR count). The van der Waals surface area contributed by atoms with Gasteiger partial charge < -0.3 is 4.79 Å². The maximum absolute atomic E-state index is 9.82. The van der Waals surface area contributed by atoms with Crippen LogP contribution in [-0.2, 0) is 11.2 Å².